The summed E-state index contributed by atoms with van der Waals surface area (Å²) in [6, 6.07) is 26.7. The molecule has 0 radical (unpaired) electrons. The van der Waals surface area contributed by atoms with Crippen LogP contribution < -0.4 is 10.1 Å². The zero-order valence-corrected chi connectivity index (χ0v) is 17.5. The van der Waals surface area contributed by atoms with Gasteiger partial charge in [-0.15, -0.1) is 0 Å². The molecule has 4 aromatic rings. The van der Waals surface area contributed by atoms with Crippen molar-refractivity contribution in [3.8, 4) is 5.75 Å². The number of fused-ring (bicyclic) bond motifs is 3. The predicted molar refractivity (Wildman–Crippen MR) is 119 cm³/mol. The van der Waals surface area contributed by atoms with Crippen molar-refractivity contribution < 1.29 is 4.74 Å². The lowest BCUT2D eigenvalue weighted by Crippen LogP contribution is -2.32. The van der Waals surface area contributed by atoms with E-state index >= 15 is 0 Å². The van der Waals surface area contributed by atoms with Crippen LogP contribution in [-0.2, 0) is 0 Å². The van der Waals surface area contributed by atoms with Gasteiger partial charge in [0.15, 0.2) is 0 Å². The molecule has 0 saturated heterocycles. The number of para-hydroxylation sites is 1. The number of hydrogen-bond donors (Lipinski definition) is 1. The minimum absolute atomic E-state index is 0.123. The van der Waals surface area contributed by atoms with Crippen molar-refractivity contribution in [1.82, 2.24) is 14.8 Å². The van der Waals surface area contributed by atoms with Crippen LogP contribution in [-0.4, -0.2) is 14.8 Å². The lowest BCUT2D eigenvalue weighted by atomic mass is 9.85. The van der Waals surface area contributed by atoms with E-state index in [9.17, 15) is 0 Å². The highest BCUT2D eigenvalue weighted by Crippen LogP contribution is 2.50. The van der Waals surface area contributed by atoms with E-state index in [1.165, 1.54) is 0 Å². The predicted octanol–water partition coefficient (Wildman–Crippen LogP) is 5.60. The van der Waals surface area contributed by atoms with E-state index in [-0.39, 0.29) is 12.1 Å². The molecule has 0 unspecified atom stereocenters. The van der Waals surface area contributed by atoms with Crippen LogP contribution in [0.2, 0.25) is 0 Å². The number of aromatic nitrogens is 3. The Morgan fingerprint density at radius 1 is 0.867 bits per heavy atom. The first-order valence-electron chi connectivity index (χ1n) is 9.76. The third-order valence-electron chi connectivity index (χ3n) is 5.61. The third kappa shape index (κ3) is 2.68. The number of ether oxygens (including phenoxy) is 1. The Kier molecular flexibility index (Phi) is 3.99. The van der Waals surface area contributed by atoms with Crippen molar-refractivity contribution in [1.29, 1.82) is 0 Å². The molecule has 0 bridgehead atoms. The van der Waals surface area contributed by atoms with Crippen LogP contribution in [0.15, 0.2) is 95.2 Å². The van der Waals surface area contributed by atoms with E-state index in [0.717, 1.165) is 44.1 Å². The topological polar surface area (TPSA) is 52.0 Å². The minimum Gasteiger partial charge on any atom is -0.480 e. The van der Waals surface area contributed by atoms with E-state index in [0.29, 0.717) is 0 Å². The summed E-state index contributed by atoms with van der Waals surface area (Å²) in [5, 5.41) is 8.08. The van der Waals surface area contributed by atoms with Gasteiger partial charge in [-0.25, -0.2) is 4.68 Å². The van der Waals surface area contributed by atoms with Gasteiger partial charge in [-0.2, -0.15) is 10.1 Å². The fourth-order valence-corrected chi connectivity index (χ4v) is 4.55. The quantitative estimate of drug-likeness (QED) is 0.426. The summed E-state index contributed by atoms with van der Waals surface area (Å²) in [4.78, 5) is 4.47. The van der Waals surface area contributed by atoms with Gasteiger partial charge >= 0.3 is 0 Å². The average molecular weight is 457 g/mol. The van der Waals surface area contributed by atoms with E-state index < -0.39 is 0 Å². The van der Waals surface area contributed by atoms with Gasteiger partial charge in [-0.1, -0.05) is 70.5 Å². The molecule has 2 aliphatic rings. The molecule has 1 N–H and O–H groups in total. The number of rotatable bonds is 2. The molecular formula is C24H17BrN4O. The number of benzene rings is 3. The molecule has 0 aliphatic carbocycles. The first-order valence-corrected chi connectivity index (χ1v) is 10.6. The minimum atomic E-state index is -0.252. The molecule has 30 heavy (non-hydrogen) atoms. The van der Waals surface area contributed by atoms with Gasteiger partial charge in [0.1, 0.15) is 24.2 Å². The Balaban J connectivity index is 1.63. The van der Waals surface area contributed by atoms with Crippen LogP contribution in [0.4, 0.5) is 5.95 Å². The molecule has 3 aromatic carbocycles. The summed E-state index contributed by atoms with van der Waals surface area (Å²) in [5.74, 6) is 1.59. The number of nitrogens with one attached hydrogen (secondary N) is 1. The van der Waals surface area contributed by atoms with Crippen LogP contribution in [0.3, 0.4) is 0 Å². The summed E-state index contributed by atoms with van der Waals surface area (Å²) in [6.45, 7) is 0. The molecule has 6 heteroatoms. The van der Waals surface area contributed by atoms with Crippen molar-refractivity contribution in [2.75, 3.05) is 5.32 Å². The van der Waals surface area contributed by atoms with Crippen LogP contribution in [0, 0.1) is 0 Å². The van der Waals surface area contributed by atoms with Gasteiger partial charge in [0, 0.05) is 15.6 Å². The second-order valence-electron chi connectivity index (χ2n) is 7.34. The van der Waals surface area contributed by atoms with Crippen LogP contribution in [0.25, 0.3) is 5.70 Å². The molecule has 6 rings (SSSR count). The smallest absolute Gasteiger partial charge is 0.226 e. The first kappa shape index (κ1) is 17.5. The lowest BCUT2D eigenvalue weighted by Gasteiger charge is -2.39. The molecule has 1 aromatic heterocycles. The zero-order valence-electron chi connectivity index (χ0n) is 15.9. The SMILES string of the molecule is Brc1ccc([C@H]2Oc3ccccc3C3=C2[C@H](c2ccccc2)n2ncnc2N3)cc1. The van der Waals surface area contributed by atoms with E-state index in [4.69, 9.17) is 4.74 Å². The monoisotopic (exact) mass is 456 g/mol. The summed E-state index contributed by atoms with van der Waals surface area (Å²) in [5.41, 5.74) is 5.44. The zero-order chi connectivity index (χ0) is 20.1. The molecule has 2 atom stereocenters. The van der Waals surface area contributed by atoms with E-state index in [1.807, 2.05) is 41.1 Å². The molecule has 0 amide bonds. The lowest BCUT2D eigenvalue weighted by molar-refractivity contribution is 0.223. The van der Waals surface area contributed by atoms with E-state index in [1.54, 1.807) is 6.33 Å². The second-order valence-corrected chi connectivity index (χ2v) is 8.26. The Morgan fingerprint density at radius 2 is 1.63 bits per heavy atom. The molecule has 2 aliphatic heterocycles. The van der Waals surface area contributed by atoms with E-state index in [2.05, 4.69) is 73.8 Å². The van der Waals surface area contributed by atoms with Gasteiger partial charge in [0.25, 0.3) is 0 Å². The Morgan fingerprint density at radius 3 is 2.47 bits per heavy atom. The highest BCUT2D eigenvalue weighted by atomic mass is 79.9. The summed E-state index contributed by atoms with van der Waals surface area (Å²) < 4.78 is 9.58. The first-order chi connectivity index (χ1) is 14.8. The number of halogens is 1. The molecule has 0 saturated carbocycles. The molecule has 0 fully saturated rings. The highest BCUT2D eigenvalue weighted by molar-refractivity contribution is 9.10. The number of nitrogens with zero attached hydrogens (tertiary/aromatic N) is 3. The van der Waals surface area contributed by atoms with Crippen molar-refractivity contribution in [2.45, 2.75) is 12.1 Å². The third-order valence-corrected chi connectivity index (χ3v) is 6.14. The fraction of sp³-hybridized carbons (Fsp3) is 0.0833. The van der Waals surface area contributed by atoms with Gasteiger partial charge in [0.2, 0.25) is 5.95 Å². The fourth-order valence-electron chi connectivity index (χ4n) is 4.29. The Hall–Kier alpha value is -3.38. The van der Waals surface area contributed by atoms with Crippen LogP contribution in [0.1, 0.15) is 28.8 Å². The van der Waals surface area contributed by atoms with Crippen molar-refractivity contribution in [2.24, 2.45) is 0 Å². The molecule has 146 valence electrons. The molecule has 0 spiro atoms. The normalized spacial score (nSPS) is 19.2. The van der Waals surface area contributed by atoms with Crippen molar-refractivity contribution in [3.63, 3.8) is 0 Å². The maximum Gasteiger partial charge on any atom is 0.226 e. The van der Waals surface area contributed by atoms with Gasteiger partial charge in [-0.3, -0.25) is 0 Å². The standard InChI is InChI=1S/C24H17BrN4O/c25-17-12-10-16(11-13-17)23-20-21(18-8-4-5-9-19(18)30-23)28-24-26-14-27-29(24)22(20)15-6-2-1-3-7-15/h1-14,22-23H,(H,26,27,28)/t22-,23+/m0/s1. The van der Waals surface area contributed by atoms with Crippen LogP contribution >= 0.6 is 15.9 Å². The summed E-state index contributed by atoms with van der Waals surface area (Å²) in [6.07, 6.45) is 1.34. The number of anilines is 1. The average Bonchev–Trinajstić information content (AvgIpc) is 3.26. The molecule has 3 heterocycles. The number of hydrogen-bond acceptors (Lipinski definition) is 4. The van der Waals surface area contributed by atoms with Crippen molar-refractivity contribution >= 4 is 27.6 Å². The highest BCUT2D eigenvalue weighted by Gasteiger charge is 2.40. The maximum absolute atomic E-state index is 6.60. The van der Waals surface area contributed by atoms with Crippen LogP contribution in [0.5, 0.6) is 5.75 Å². The summed E-state index contributed by atoms with van der Waals surface area (Å²) >= 11 is 3.54. The summed E-state index contributed by atoms with van der Waals surface area (Å²) in [7, 11) is 0. The molecule has 5 nitrogen and oxygen atoms in total. The Bertz CT molecular complexity index is 1260. The van der Waals surface area contributed by atoms with Crippen molar-refractivity contribution in [3.05, 3.63) is 112 Å². The second kappa shape index (κ2) is 6.85. The Labute approximate surface area is 182 Å². The van der Waals surface area contributed by atoms with Gasteiger partial charge < -0.3 is 10.1 Å². The molecular weight excluding hydrogens is 440 g/mol. The largest absolute Gasteiger partial charge is 0.480 e. The van der Waals surface area contributed by atoms with Gasteiger partial charge in [-0.05, 0) is 35.4 Å². The van der Waals surface area contributed by atoms with Gasteiger partial charge in [0.05, 0.1) is 5.70 Å². The maximum atomic E-state index is 6.60.